The van der Waals surface area contributed by atoms with E-state index in [0.29, 0.717) is 23.0 Å². The van der Waals surface area contributed by atoms with E-state index in [1.807, 2.05) is 30.3 Å². The Morgan fingerprint density at radius 1 is 1.00 bits per heavy atom. The maximum Gasteiger partial charge on any atom is 0.265 e. The Kier molecular flexibility index (Phi) is 7.28. The van der Waals surface area contributed by atoms with Crippen LogP contribution in [0.25, 0.3) is 0 Å². The van der Waals surface area contributed by atoms with Crippen molar-refractivity contribution in [2.75, 3.05) is 11.9 Å². The zero-order valence-corrected chi connectivity index (χ0v) is 21.2. The third kappa shape index (κ3) is 5.26. The number of fused-ring (bicyclic) bond motifs is 1. The molecule has 1 aliphatic carbocycles. The number of benzene rings is 3. The van der Waals surface area contributed by atoms with Gasteiger partial charge < -0.3 is 15.0 Å². The first-order valence-corrected chi connectivity index (χ1v) is 13.1. The average Bonchev–Trinajstić information content (AvgIpc) is 3.43. The number of anilines is 1. The molecule has 0 spiro atoms. The van der Waals surface area contributed by atoms with Gasteiger partial charge in [-0.25, -0.2) is 0 Å². The standard InChI is InChI=1S/C30H31ClN2O3/c1-20(29(34)32-25-13-7-12-24(31)18-25)36-26-15-14-21-16-17-33(30(35)23-10-5-6-11-23)28(27(21)19-26)22-8-3-2-4-9-22/h2-4,7-9,12-15,18-20,23,28H,5-6,10-11,16-17H2,1H3,(H,32,34). The van der Waals surface area contributed by atoms with E-state index in [2.05, 4.69) is 28.4 Å². The third-order valence-corrected chi connectivity index (χ3v) is 7.46. The summed E-state index contributed by atoms with van der Waals surface area (Å²) < 4.78 is 6.08. The quantitative estimate of drug-likeness (QED) is 0.423. The molecule has 3 aromatic carbocycles. The highest BCUT2D eigenvalue weighted by molar-refractivity contribution is 6.30. The monoisotopic (exact) mass is 502 g/mol. The molecule has 5 nitrogen and oxygen atoms in total. The molecule has 36 heavy (non-hydrogen) atoms. The van der Waals surface area contributed by atoms with Crippen molar-refractivity contribution in [2.24, 2.45) is 5.92 Å². The van der Waals surface area contributed by atoms with E-state index < -0.39 is 6.10 Å². The van der Waals surface area contributed by atoms with E-state index in [-0.39, 0.29) is 23.8 Å². The molecule has 1 heterocycles. The molecule has 2 aliphatic rings. The molecule has 0 radical (unpaired) electrons. The van der Waals surface area contributed by atoms with Crippen LogP contribution in [0.3, 0.4) is 0 Å². The Labute approximate surface area is 217 Å². The average molecular weight is 503 g/mol. The number of nitrogens with one attached hydrogen (secondary N) is 1. The first-order chi connectivity index (χ1) is 17.5. The third-order valence-electron chi connectivity index (χ3n) is 7.22. The summed E-state index contributed by atoms with van der Waals surface area (Å²) >= 11 is 6.03. The van der Waals surface area contributed by atoms with Crippen molar-refractivity contribution in [2.45, 2.75) is 51.2 Å². The summed E-state index contributed by atoms with van der Waals surface area (Å²) in [5, 5.41) is 3.41. The van der Waals surface area contributed by atoms with Crippen LogP contribution in [0.2, 0.25) is 5.02 Å². The van der Waals surface area contributed by atoms with E-state index >= 15 is 0 Å². The number of rotatable bonds is 6. The summed E-state index contributed by atoms with van der Waals surface area (Å²) in [5.74, 6) is 0.728. The summed E-state index contributed by atoms with van der Waals surface area (Å²) in [5.41, 5.74) is 3.99. The number of halogens is 1. The lowest BCUT2D eigenvalue weighted by Gasteiger charge is -2.39. The van der Waals surface area contributed by atoms with Gasteiger partial charge in [-0.3, -0.25) is 9.59 Å². The zero-order valence-electron chi connectivity index (χ0n) is 20.5. The molecule has 3 aromatic rings. The Bertz CT molecular complexity index is 1240. The van der Waals surface area contributed by atoms with Gasteiger partial charge in [-0.1, -0.05) is 66.9 Å². The molecule has 1 N–H and O–H groups in total. The van der Waals surface area contributed by atoms with Gasteiger partial charge in [0.25, 0.3) is 5.91 Å². The van der Waals surface area contributed by atoms with Crippen LogP contribution in [0.1, 0.15) is 55.3 Å². The molecule has 2 atom stereocenters. The number of carbonyl (C=O) groups excluding carboxylic acids is 2. The molecule has 1 fully saturated rings. The number of amides is 2. The predicted octanol–water partition coefficient (Wildman–Crippen LogP) is 6.41. The van der Waals surface area contributed by atoms with Crippen LogP contribution >= 0.6 is 11.6 Å². The van der Waals surface area contributed by atoms with Crippen molar-refractivity contribution in [3.05, 3.63) is 94.5 Å². The highest BCUT2D eigenvalue weighted by Crippen LogP contribution is 2.39. The Morgan fingerprint density at radius 3 is 2.53 bits per heavy atom. The van der Waals surface area contributed by atoms with Crippen LogP contribution in [0.4, 0.5) is 5.69 Å². The molecule has 2 amide bonds. The first-order valence-electron chi connectivity index (χ1n) is 12.7. The van der Waals surface area contributed by atoms with Gasteiger partial charge in [0.1, 0.15) is 5.75 Å². The number of hydrogen-bond donors (Lipinski definition) is 1. The summed E-state index contributed by atoms with van der Waals surface area (Å²) in [6.45, 7) is 2.43. The number of nitrogens with zero attached hydrogens (tertiary/aromatic N) is 1. The Hall–Kier alpha value is -3.31. The fraction of sp³-hybridized carbons (Fsp3) is 0.333. The maximum atomic E-state index is 13.6. The van der Waals surface area contributed by atoms with Crippen LogP contribution in [-0.4, -0.2) is 29.4 Å². The van der Waals surface area contributed by atoms with Crippen LogP contribution in [-0.2, 0) is 16.0 Å². The smallest absolute Gasteiger partial charge is 0.265 e. The number of hydrogen-bond acceptors (Lipinski definition) is 3. The molecular weight excluding hydrogens is 472 g/mol. The van der Waals surface area contributed by atoms with E-state index in [0.717, 1.165) is 43.2 Å². The first kappa shape index (κ1) is 24.4. The predicted molar refractivity (Wildman–Crippen MR) is 142 cm³/mol. The molecule has 186 valence electrons. The van der Waals surface area contributed by atoms with Gasteiger partial charge >= 0.3 is 0 Å². The summed E-state index contributed by atoms with van der Waals surface area (Å²) in [7, 11) is 0. The van der Waals surface area contributed by atoms with Gasteiger partial charge in [0.15, 0.2) is 6.10 Å². The van der Waals surface area contributed by atoms with Gasteiger partial charge in [-0.15, -0.1) is 0 Å². The Morgan fingerprint density at radius 2 is 1.78 bits per heavy atom. The van der Waals surface area contributed by atoms with Crippen LogP contribution in [0.15, 0.2) is 72.8 Å². The van der Waals surface area contributed by atoms with Crippen molar-refractivity contribution < 1.29 is 14.3 Å². The van der Waals surface area contributed by atoms with Crippen molar-refractivity contribution >= 4 is 29.1 Å². The fourth-order valence-electron chi connectivity index (χ4n) is 5.37. The van der Waals surface area contributed by atoms with Gasteiger partial charge in [0.05, 0.1) is 6.04 Å². The van der Waals surface area contributed by atoms with Crippen molar-refractivity contribution in [1.82, 2.24) is 4.90 Å². The maximum absolute atomic E-state index is 13.6. The minimum atomic E-state index is -0.711. The van der Waals surface area contributed by atoms with Crippen molar-refractivity contribution in [1.29, 1.82) is 0 Å². The highest BCUT2D eigenvalue weighted by Gasteiger charge is 2.36. The molecule has 0 saturated heterocycles. The molecule has 0 aromatic heterocycles. The van der Waals surface area contributed by atoms with E-state index in [9.17, 15) is 9.59 Å². The van der Waals surface area contributed by atoms with Gasteiger partial charge in [-0.2, -0.15) is 0 Å². The summed E-state index contributed by atoms with van der Waals surface area (Å²) in [4.78, 5) is 28.4. The SMILES string of the molecule is CC(Oc1ccc2c(c1)C(c1ccccc1)N(C(=O)C1CCCC1)CC2)C(=O)Nc1cccc(Cl)c1. The second kappa shape index (κ2) is 10.8. The number of carbonyl (C=O) groups is 2. The summed E-state index contributed by atoms with van der Waals surface area (Å²) in [6, 6.07) is 23.1. The molecule has 5 rings (SSSR count). The topological polar surface area (TPSA) is 58.6 Å². The van der Waals surface area contributed by atoms with Crippen LogP contribution < -0.4 is 10.1 Å². The van der Waals surface area contributed by atoms with Crippen molar-refractivity contribution in [3.8, 4) is 5.75 Å². The minimum Gasteiger partial charge on any atom is -0.481 e. The Balaban J connectivity index is 1.40. The van der Waals surface area contributed by atoms with Gasteiger partial charge in [-0.05, 0) is 73.2 Å². The zero-order chi connectivity index (χ0) is 25.1. The van der Waals surface area contributed by atoms with E-state index in [1.165, 1.54) is 5.56 Å². The molecule has 6 heteroatoms. The van der Waals surface area contributed by atoms with E-state index in [1.54, 1.807) is 31.2 Å². The molecule has 0 bridgehead atoms. The lowest BCUT2D eigenvalue weighted by molar-refractivity contribution is -0.137. The van der Waals surface area contributed by atoms with Crippen molar-refractivity contribution in [3.63, 3.8) is 0 Å². The lowest BCUT2D eigenvalue weighted by Crippen LogP contribution is -2.43. The van der Waals surface area contributed by atoms with Crippen LogP contribution in [0.5, 0.6) is 5.75 Å². The summed E-state index contributed by atoms with van der Waals surface area (Å²) in [6.07, 6.45) is 4.31. The molecule has 1 saturated carbocycles. The highest BCUT2D eigenvalue weighted by atomic mass is 35.5. The van der Waals surface area contributed by atoms with Crippen LogP contribution in [0, 0.1) is 5.92 Å². The second-order valence-corrected chi connectivity index (χ2v) is 10.1. The fourth-order valence-corrected chi connectivity index (χ4v) is 5.56. The molecular formula is C30H31ClN2O3. The number of ether oxygens (including phenoxy) is 1. The molecule has 2 unspecified atom stereocenters. The minimum absolute atomic E-state index is 0.118. The van der Waals surface area contributed by atoms with E-state index in [4.69, 9.17) is 16.3 Å². The lowest BCUT2D eigenvalue weighted by atomic mass is 9.87. The van der Waals surface area contributed by atoms with Gasteiger partial charge in [0, 0.05) is 23.2 Å². The normalized spacial score (nSPS) is 18.4. The second-order valence-electron chi connectivity index (χ2n) is 9.70. The molecule has 1 aliphatic heterocycles. The van der Waals surface area contributed by atoms with Gasteiger partial charge in [0.2, 0.25) is 5.91 Å². The largest absolute Gasteiger partial charge is 0.481 e.